The average Bonchev–Trinajstić information content (AvgIpc) is 2.19. The lowest BCUT2D eigenvalue weighted by molar-refractivity contribution is -0.446. The maximum atomic E-state index is 11.5. The summed E-state index contributed by atoms with van der Waals surface area (Å²) in [5.74, 6) is 0.277. The van der Waals surface area contributed by atoms with Gasteiger partial charge in [-0.1, -0.05) is 0 Å². The lowest BCUT2D eigenvalue weighted by Crippen LogP contribution is -2.68. The number of rotatable bonds is 3. The first-order valence-electron chi connectivity index (χ1n) is 4.71. The second kappa shape index (κ2) is 6.34. The molecule has 0 bridgehead atoms. The zero-order chi connectivity index (χ0) is 9.52. The van der Waals surface area contributed by atoms with Crippen LogP contribution in [0.15, 0.2) is 0 Å². The van der Waals surface area contributed by atoms with E-state index in [1.54, 1.807) is 0 Å². The van der Waals surface area contributed by atoms with E-state index in [1.807, 2.05) is 27.5 Å². The highest BCUT2D eigenvalue weighted by molar-refractivity contribution is 14.1. The monoisotopic (exact) mass is 294 g/mol. The fourth-order valence-corrected chi connectivity index (χ4v) is 1.79. The molecule has 4 heteroatoms. The van der Waals surface area contributed by atoms with Gasteiger partial charge in [-0.2, -0.15) is 0 Å². The Morgan fingerprint density at radius 1 is 1.38 bits per heavy atom. The van der Waals surface area contributed by atoms with E-state index < -0.39 is 0 Å². The molecule has 1 amide bonds. The Morgan fingerprint density at radius 3 is 2.69 bits per heavy atom. The van der Waals surface area contributed by atoms with Gasteiger partial charge in [0.05, 0.1) is 6.42 Å². The quantitative estimate of drug-likeness (QED) is 0.437. The summed E-state index contributed by atoms with van der Waals surface area (Å²) in [5, 5.41) is 0. The molecular formula is C9H15IN2O. The molecule has 0 aromatic rings. The summed E-state index contributed by atoms with van der Waals surface area (Å²) in [4.78, 5) is 16.4. The number of hydrogen-bond donors (Lipinski definition) is 1. The Hall–Kier alpha value is -0.130. The van der Waals surface area contributed by atoms with Crippen molar-refractivity contribution in [2.45, 2.75) is 25.7 Å². The molecule has 1 aliphatic rings. The van der Waals surface area contributed by atoms with Gasteiger partial charge in [0.1, 0.15) is 6.54 Å². The standard InChI is InChI=1S/C9H15IN2O/c10-8-11-5-4-9(13)12-6-2-1-3-7-12/h11H,1-7H2. The van der Waals surface area contributed by atoms with Gasteiger partial charge in [0, 0.05) is 13.1 Å². The molecule has 0 atom stereocenters. The summed E-state index contributed by atoms with van der Waals surface area (Å²) in [6.07, 6.45) is 4.21. The van der Waals surface area contributed by atoms with Gasteiger partial charge >= 0.3 is 0 Å². The molecule has 0 radical (unpaired) electrons. The fraction of sp³-hybridized carbons (Fsp3) is 0.778. The van der Waals surface area contributed by atoms with Crippen LogP contribution in [0.5, 0.6) is 0 Å². The van der Waals surface area contributed by atoms with E-state index in [9.17, 15) is 4.79 Å². The van der Waals surface area contributed by atoms with Crippen LogP contribution >= 0.6 is 22.6 Å². The Labute approximate surface area is 92.7 Å². The summed E-state index contributed by atoms with van der Waals surface area (Å²) in [6.45, 7) is 2.62. The summed E-state index contributed by atoms with van der Waals surface area (Å²) < 4.78 is 2.78. The van der Waals surface area contributed by atoms with Crippen LogP contribution in [0.3, 0.4) is 0 Å². The number of carbonyl (C=O) groups is 1. The van der Waals surface area contributed by atoms with Crippen molar-refractivity contribution in [2.75, 3.05) is 19.6 Å². The van der Waals surface area contributed by atoms with E-state index in [0.717, 1.165) is 13.1 Å². The topological polar surface area (TPSA) is 34.3 Å². The molecule has 1 aliphatic heterocycles. The summed E-state index contributed by atoms with van der Waals surface area (Å²) in [5.41, 5.74) is 0. The lowest BCUT2D eigenvalue weighted by Gasteiger charge is -2.26. The van der Waals surface area contributed by atoms with Gasteiger partial charge in [-0.3, -0.25) is 4.79 Å². The number of nitrogens with one attached hydrogen (secondary N) is 1. The van der Waals surface area contributed by atoms with Gasteiger partial charge in [0.15, 0.2) is 0 Å². The normalized spacial score (nSPS) is 18.1. The minimum absolute atomic E-state index is 0.277. The van der Waals surface area contributed by atoms with Gasteiger partial charge in [-0.05, 0) is 19.3 Å². The fourth-order valence-electron chi connectivity index (χ4n) is 1.52. The third-order valence-electron chi connectivity index (χ3n) is 2.24. The van der Waals surface area contributed by atoms with Gasteiger partial charge < -0.3 is 9.89 Å². The zero-order valence-corrected chi connectivity index (χ0v) is 9.84. The highest BCUT2D eigenvalue weighted by atomic mass is 127. The minimum atomic E-state index is 0.277. The average molecular weight is 294 g/mol. The van der Waals surface area contributed by atoms with Crippen molar-refractivity contribution in [3.05, 3.63) is 0 Å². The lowest BCUT2D eigenvalue weighted by atomic mass is 10.1. The van der Waals surface area contributed by atoms with Crippen molar-refractivity contribution in [3.8, 4) is 0 Å². The SMILES string of the molecule is O=C(CC[NH+]=[C-]I)N1CCCCC1. The Bertz CT molecular complexity index is 188. The molecule has 1 fully saturated rings. The Morgan fingerprint density at radius 2 is 2.08 bits per heavy atom. The smallest absolute Gasteiger partial charge is 0.228 e. The predicted molar refractivity (Wildman–Crippen MR) is 59.9 cm³/mol. The maximum absolute atomic E-state index is 11.5. The number of carbonyl (C=O) groups excluding carboxylic acids is 1. The van der Waals surface area contributed by atoms with Crippen molar-refractivity contribution in [2.24, 2.45) is 0 Å². The number of amides is 1. The van der Waals surface area contributed by atoms with Crippen molar-refractivity contribution in [1.82, 2.24) is 4.90 Å². The molecule has 0 aromatic carbocycles. The molecule has 0 unspecified atom stereocenters. The van der Waals surface area contributed by atoms with Crippen LogP contribution in [-0.4, -0.2) is 34.7 Å². The van der Waals surface area contributed by atoms with Gasteiger partial charge in [0.2, 0.25) is 5.91 Å². The van der Waals surface area contributed by atoms with Crippen LogP contribution in [0.2, 0.25) is 0 Å². The molecule has 0 spiro atoms. The van der Waals surface area contributed by atoms with Crippen LogP contribution in [-0.2, 0) is 4.79 Å². The number of piperidine rings is 1. The summed E-state index contributed by atoms with van der Waals surface area (Å²) in [7, 11) is 0. The Kier molecular flexibility index (Phi) is 5.34. The predicted octanol–water partition coefficient (Wildman–Crippen LogP) is -0.190. The molecule has 74 valence electrons. The van der Waals surface area contributed by atoms with Crippen LogP contribution < -0.4 is 4.99 Å². The molecular weight excluding hydrogens is 279 g/mol. The number of likely N-dealkylation sites (tertiary alicyclic amines) is 1. The van der Waals surface area contributed by atoms with Crippen molar-refractivity contribution >= 4 is 32.7 Å². The van der Waals surface area contributed by atoms with Crippen LogP contribution in [0.25, 0.3) is 0 Å². The third kappa shape index (κ3) is 4.06. The summed E-state index contributed by atoms with van der Waals surface area (Å²) in [6, 6.07) is 0. The zero-order valence-electron chi connectivity index (χ0n) is 7.68. The molecule has 0 saturated carbocycles. The van der Waals surface area contributed by atoms with Gasteiger partial charge in [-0.25, -0.2) is 22.6 Å². The molecule has 1 N–H and O–H groups in total. The first-order valence-corrected chi connectivity index (χ1v) is 5.79. The minimum Gasteiger partial charge on any atom is -0.415 e. The first-order chi connectivity index (χ1) is 6.34. The van der Waals surface area contributed by atoms with E-state index in [1.165, 1.54) is 19.3 Å². The molecule has 0 aliphatic carbocycles. The van der Waals surface area contributed by atoms with Crippen LogP contribution in [0, 0.1) is 0 Å². The first kappa shape index (κ1) is 10.9. The molecule has 1 heterocycles. The van der Waals surface area contributed by atoms with E-state index in [2.05, 4.69) is 9.21 Å². The molecule has 1 saturated heterocycles. The summed E-state index contributed by atoms with van der Waals surface area (Å²) >= 11 is 2.00. The second-order valence-corrected chi connectivity index (χ2v) is 3.75. The van der Waals surface area contributed by atoms with E-state index >= 15 is 0 Å². The van der Waals surface area contributed by atoms with Crippen molar-refractivity contribution < 1.29 is 9.79 Å². The third-order valence-corrected chi connectivity index (χ3v) is 2.62. The van der Waals surface area contributed by atoms with E-state index in [-0.39, 0.29) is 5.91 Å². The number of halogens is 1. The second-order valence-electron chi connectivity index (χ2n) is 3.21. The van der Waals surface area contributed by atoms with E-state index in [4.69, 9.17) is 0 Å². The molecule has 13 heavy (non-hydrogen) atoms. The molecule has 0 aromatic heterocycles. The van der Waals surface area contributed by atoms with Crippen LogP contribution in [0.1, 0.15) is 25.7 Å². The largest absolute Gasteiger partial charge is 0.415 e. The highest BCUT2D eigenvalue weighted by Crippen LogP contribution is 2.09. The number of nitrogens with zero attached hydrogens (tertiary/aromatic N) is 1. The maximum Gasteiger partial charge on any atom is 0.228 e. The van der Waals surface area contributed by atoms with Crippen molar-refractivity contribution in [3.63, 3.8) is 0 Å². The van der Waals surface area contributed by atoms with E-state index in [0.29, 0.717) is 13.0 Å². The highest BCUT2D eigenvalue weighted by Gasteiger charge is 2.15. The Balaban J connectivity index is 2.21. The van der Waals surface area contributed by atoms with Gasteiger partial charge in [-0.15, -0.1) is 4.22 Å². The molecule has 1 rings (SSSR count). The number of hydrogen-bond acceptors (Lipinski definition) is 1. The van der Waals surface area contributed by atoms with Gasteiger partial charge in [0.25, 0.3) is 0 Å². The van der Waals surface area contributed by atoms with Crippen LogP contribution in [0.4, 0.5) is 0 Å². The van der Waals surface area contributed by atoms with Crippen molar-refractivity contribution in [1.29, 1.82) is 0 Å². The molecule has 3 nitrogen and oxygen atoms in total.